The summed E-state index contributed by atoms with van der Waals surface area (Å²) in [4.78, 5) is 10.5. The van der Waals surface area contributed by atoms with Crippen molar-refractivity contribution in [1.29, 1.82) is 0 Å². The number of nitrogens with one attached hydrogen (secondary N) is 1. The van der Waals surface area contributed by atoms with E-state index in [4.69, 9.17) is 4.74 Å². The van der Waals surface area contributed by atoms with E-state index >= 15 is 0 Å². The van der Waals surface area contributed by atoms with E-state index in [1.807, 2.05) is 0 Å². The van der Waals surface area contributed by atoms with Crippen LogP contribution in [0.4, 0.5) is 17.2 Å². The summed E-state index contributed by atoms with van der Waals surface area (Å²) in [5.41, 5.74) is 0.347. The molecule has 0 amide bonds. The lowest BCUT2D eigenvalue weighted by atomic mass is 10.2. The van der Waals surface area contributed by atoms with Crippen LogP contribution in [-0.2, 0) is 7.05 Å². The minimum absolute atomic E-state index is 0.0458. The van der Waals surface area contributed by atoms with Crippen molar-refractivity contribution in [1.82, 2.24) is 9.78 Å². The molecule has 7 heteroatoms. The van der Waals surface area contributed by atoms with E-state index in [0.717, 1.165) is 0 Å². The summed E-state index contributed by atoms with van der Waals surface area (Å²) in [7, 11) is 3.21. The Morgan fingerprint density at radius 3 is 2.78 bits per heavy atom. The van der Waals surface area contributed by atoms with Gasteiger partial charge >= 0.3 is 0 Å². The van der Waals surface area contributed by atoms with Crippen LogP contribution in [0.5, 0.6) is 5.75 Å². The lowest BCUT2D eigenvalue weighted by Gasteiger charge is -2.08. The average Bonchev–Trinajstić information content (AvgIpc) is 2.75. The SMILES string of the molecule is COc1ccc(Nc2ccnn2C)c([N+](=O)[O-])c1. The van der Waals surface area contributed by atoms with Gasteiger partial charge in [-0.05, 0) is 12.1 Å². The molecule has 1 heterocycles. The molecule has 0 fully saturated rings. The second kappa shape index (κ2) is 4.74. The maximum Gasteiger partial charge on any atom is 0.296 e. The number of methoxy groups -OCH3 is 1. The smallest absolute Gasteiger partial charge is 0.296 e. The van der Waals surface area contributed by atoms with Crippen LogP contribution in [0.25, 0.3) is 0 Å². The van der Waals surface area contributed by atoms with Gasteiger partial charge in [0.25, 0.3) is 5.69 Å². The van der Waals surface area contributed by atoms with Gasteiger partial charge < -0.3 is 10.1 Å². The molecule has 0 atom stereocenters. The lowest BCUT2D eigenvalue weighted by Crippen LogP contribution is -2.02. The summed E-state index contributed by atoms with van der Waals surface area (Å²) >= 11 is 0. The van der Waals surface area contributed by atoms with Gasteiger partial charge in [-0.3, -0.25) is 14.8 Å². The summed E-state index contributed by atoms with van der Waals surface area (Å²) in [6.07, 6.45) is 1.61. The number of anilines is 2. The molecular formula is C11H12N4O3. The van der Waals surface area contributed by atoms with Gasteiger partial charge in [-0.25, -0.2) is 0 Å². The Kier molecular flexibility index (Phi) is 3.13. The van der Waals surface area contributed by atoms with Gasteiger partial charge in [0.15, 0.2) is 0 Å². The number of ether oxygens (including phenoxy) is 1. The first-order valence-corrected chi connectivity index (χ1v) is 5.19. The van der Waals surface area contributed by atoms with Crippen LogP contribution in [-0.4, -0.2) is 21.8 Å². The zero-order valence-corrected chi connectivity index (χ0v) is 9.95. The first-order valence-electron chi connectivity index (χ1n) is 5.19. The minimum Gasteiger partial charge on any atom is -0.496 e. The fourth-order valence-corrected chi connectivity index (χ4v) is 1.53. The van der Waals surface area contributed by atoms with E-state index in [0.29, 0.717) is 17.3 Å². The Morgan fingerprint density at radius 1 is 1.44 bits per heavy atom. The van der Waals surface area contributed by atoms with Crippen molar-refractivity contribution >= 4 is 17.2 Å². The standard InChI is InChI=1S/C11H12N4O3/c1-14-11(5-6-12-14)13-9-4-3-8(18-2)7-10(9)15(16)17/h3-7,13H,1-2H3. The van der Waals surface area contributed by atoms with Crippen LogP contribution in [0.3, 0.4) is 0 Å². The zero-order valence-electron chi connectivity index (χ0n) is 9.95. The van der Waals surface area contributed by atoms with Crippen molar-refractivity contribution in [3.63, 3.8) is 0 Å². The number of aryl methyl sites for hydroxylation is 1. The highest BCUT2D eigenvalue weighted by molar-refractivity contribution is 5.69. The largest absolute Gasteiger partial charge is 0.496 e. The molecule has 0 aliphatic carbocycles. The second-order valence-corrected chi connectivity index (χ2v) is 3.61. The summed E-state index contributed by atoms with van der Waals surface area (Å²) < 4.78 is 6.56. The fourth-order valence-electron chi connectivity index (χ4n) is 1.53. The van der Waals surface area contributed by atoms with Gasteiger partial charge in [0.2, 0.25) is 0 Å². The summed E-state index contributed by atoms with van der Waals surface area (Å²) in [5, 5.41) is 17.9. The Balaban J connectivity index is 2.38. The highest BCUT2D eigenvalue weighted by atomic mass is 16.6. The minimum atomic E-state index is -0.457. The molecule has 1 N–H and O–H groups in total. The molecule has 0 aliphatic heterocycles. The van der Waals surface area contributed by atoms with Crippen LogP contribution in [0.1, 0.15) is 0 Å². The summed E-state index contributed by atoms with van der Waals surface area (Å²) in [6.45, 7) is 0. The van der Waals surface area contributed by atoms with Crippen LogP contribution in [0.2, 0.25) is 0 Å². The molecule has 2 rings (SSSR count). The maximum absolute atomic E-state index is 11.0. The number of rotatable bonds is 4. The Morgan fingerprint density at radius 2 is 2.22 bits per heavy atom. The molecule has 7 nitrogen and oxygen atoms in total. The normalized spacial score (nSPS) is 10.1. The average molecular weight is 248 g/mol. The van der Waals surface area contributed by atoms with E-state index in [1.165, 1.54) is 13.2 Å². The van der Waals surface area contributed by atoms with Crippen molar-refractivity contribution < 1.29 is 9.66 Å². The zero-order chi connectivity index (χ0) is 13.1. The maximum atomic E-state index is 11.0. The number of nitro groups is 1. The molecule has 1 aromatic carbocycles. The molecular weight excluding hydrogens is 236 g/mol. The van der Waals surface area contributed by atoms with Gasteiger partial charge in [0.05, 0.1) is 24.3 Å². The number of benzene rings is 1. The van der Waals surface area contributed by atoms with E-state index in [-0.39, 0.29) is 5.69 Å². The number of hydrogen-bond acceptors (Lipinski definition) is 5. The lowest BCUT2D eigenvalue weighted by molar-refractivity contribution is -0.384. The molecule has 0 aliphatic rings. The highest BCUT2D eigenvalue weighted by Gasteiger charge is 2.16. The van der Waals surface area contributed by atoms with Crippen molar-refractivity contribution in [2.45, 2.75) is 0 Å². The van der Waals surface area contributed by atoms with Gasteiger partial charge in [-0.15, -0.1) is 0 Å². The van der Waals surface area contributed by atoms with Crippen LogP contribution < -0.4 is 10.1 Å². The third-order valence-corrected chi connectivity index (χ3v) is 2.49. The quantitative estimate of drug-likeness (QED) is 0.661. The second-order valence-electron chi connectivity index (χ2n) is 3.61. The van der Waals surface area contributed by atoms with E-state index in [2.05, 4.69) is 10.4 Å². The van der Waals surface area contributed by atoms with E-state index in [1.54, 1.807) is 36.1 Å². The third-order valence-electron chi connectivity index (χ3n) is 2.49. The van der Waals surface area contributed by atoms with Gasteiger partial charge in [-0.2, -0.15) is 5.10 Å². The topological polar surface area (TPSA) is 82.2 Å². The predicted octanol–water partition coefficient (Wildman–Crippen LogP) is 2.08. The number of aromatic nitrogens is 2. The highest BCUT2D eigenvalue weighted by Crippen LogP contribution is 2.30. The number of nitrogens with zero attached hydrogens (tertiary/aromatic N) is 3. The van der Waals surface area contributed by atoms with Crippen LogP contribution >= 0.6 is 0 Å². The molecule has 1 aromatic heterocycles. The Bertz CT molecular complexity index is 579. The Hall–Kier alpha value is -2.57. The first-order chi connectivity index (χ1) is 8.61. The first kappa shape index (κ1) is 11.9. The molecule has 2 aromatic rings. The van der Waals surface area contributed by atoms with Gasteiger partial charge in [-0.1, -0.05) is 0 Å². The molecule has 18 heavy (non-hydrogen) atoms. The summed E-state index contributed by atoms with van der Waals surface area (Å²) in [6, 6.07) is 6.36. The van der Waals surface area contributed by atoms with Gasteiger partial charge in [0.1, 0.15) is 17.3 Å². The van der Waals surface area contributed by atoms with E-state index < -0.39 is 4.92 Å². The molecule has 0 bridgehead atoms. The molecule has 0 saturated carbocycles. The van der Waals surface area contributed by atoms with Crippen molar-refractivity contribution in [3.05, 3.63) is 40.6 Å². The number of nitro benzene ring substituents is 1. The number of hydrogen-bond donors (Lipinski definition) is 1. The van der Waals surface area contributed by atoms with E-state index in [9.17, 15) is 10.1 Å². The molecule has 0 spiro atoms. The van der Waals surface area contributed by atoms with Crippen molar-refractivity contribution in [2.24, 2.45) is 7.05 Å². The third kappa shape index (κ3) is 2.24. The molecule has 0 radical (unpaired) electrons. The van der Waals surface area contributed by atoms with Crippen molar-refractivity contribution in [2.75, 3.05) is 12.4 Å². The summed E-state index contributed by atoms with van der Waals surface area (Å²) in [5.74, 6) is 1.11. The molecule has 0 saturated heterocycles. The predicted molar refractivity (Wildman–Crippen MR) is 66.1 cm³/mol. The van der Waals surface area contributed by atoms with Gasteiger partial charge in [0, 0.05) is 13.1 Å². The monoisotopic (exact) mass is 248 g/mol. The van der Waals surface area contributed by atoms with Crippen LogP contribution in [0, 0.1) is 10.1 Å². The van der Waals surface area contributed by atoms with Crippen LogP contribution in [0.15, 0.2) is 30.5 Å². The molecule has 0 unspecified atom stereocenters. The van der Waals surface area contributed by atoms with Crippen molar-refractivity contribution in [3.8, 4) is 5.75 Å². The Labute approximate surface area is 103 Å². The molecule has 94 valence electrons. The fraction of sp³-hybridized carbons (Fsp3) is 0.182.